The number of rotatable bonds is 8. The number of nitrogens with one attached hydrogen (secondary N) is 2. The molecule has 3 aromatic rings. The lowest BCUT2D eigenvalue weighted by molar-refractivity contribution is -0.131. The Balaban J connectivity index is 1.43. The Morgan fingerprint density at radius 2 is 1.78 bits per heavy atom. The maximum Gasteiger partial charge on any atom is 0.247 e. The van der Waals surface area contributed by atoms with Crippen molar-refractivity contribution in [3.05, 3.63) is 89.6 Å². The second kappa shape index (κ2) is 11.4. The third kappa shape index (κ3) is 6.10. The van der Waals surface area contributed by atoms with Crippen LogP contribution in [0.5, 0.6) is 0 Å². The standard InChI is InChI=1S/C29H35N5O2/c1-20-10-12-23(13-11-20)21(2)16-31-28(24-8-6-5-7-9-24)29(36)32-26-15-14-25(17-30-26)34-18-22(3)33(4)27(35)19-34/h5-15,17,21-22,28,31H,16,18-19H2,1-4H3,(H,30,32,36)/t21-,22?,28+/m1/s1. The van der Waals surface area contributed by atoms with Crippen LogP contribution in [-0.2, 0) is 9.59 Å². The maximum absolute atomic E-state index is 13.3. The van der Waals surface area contributed by atoms with E-state index in [2.05, 4.69) is 53.7 Å². The van der Waals surface area contributed by atoms with Crippen LogP contribution in [0.15, 0.2) is 72.9 Å². The number of aromatic nitrogens is 1. The summed E-state index contributed by atoms with van der Waals surface area (Å²) in [5.41, 5.74) is 4.22. The van der Waals surface area contributed by atoms with Crippen molar-refractivity contribution in [1.29, 1.82) is 0 Å². The molecule has 0 saturated carbocycles. The van der Waals surface area contributed by atoms with Gasteiger partial charge in [-0.1, -0.05) is 67.1 Å². The Labute approximate surface area is 213 Å². The van der Waals surface area contributed by atoms with Crippen molar-refractivity contribution in [1.82, 2.24) is 15.2 Å². The number of carbonyl (C=O) groups excluding carboxylic acids is 2. The lowest BCUT2D eigenvalue weighted by atomic mass is 9.98. The molecule has 1 fully saturated rings. The number of pyridine rings is 1. The topological polar surface area (TPSA) is 77.6 Å². The highest BCUT2D eigenvalue weighted by molar-refractivity contribution is 5.95. The largest absolute Gasteiger partial charge is 0.359 e. The molecular formula is C29H35N5O2. The summed E-state index contributed by atoms with van der Waals surface area (Å²) in [4.78, 5) is 33.8. The highest BCUT2D eigenvalue weighted by Crippen LogP contribution is 2.22. The van der Waals surface area contributed by atoms with Gasteiger partial charge in [0.1, 0.15) is 11.9 Å². The fraction of sp³-hybridized carbons (Fsp3) is 0.345. The predicted octanol–water partition coefficient (Wildman–Crippen LogP) is 4.13. The van der Waals surface area contributed by atoms with Gasteiger partial charge in [-0.25, -0.2) is 4.98 Å². The van der Waals surface area contributed by atoms with Gasteiger partial charge in [-0.05, 0) is 43.0 Å². The number of nitrogens with zero attached hydrogens (tertiary/aromatic N) is 3. The zero-order chi connectivity index (χ0) is 25.7. The number of aryl methyl sites for hydroxylation is 1. The molecule has 3 atom stereocenters. The quantitative estimate of drug-likeness (QED) is 0.502. The number of piperazine rings is 1. The molecule has 0 radical (unpaired) electrons. The molecule has 188 valence electrons. The first kappa shape index (κ1) is 25.4. The minimum atomic E-state index is -0.517. The molecule has 1 aliphatic heterocycles. The van der Waals surface area contributed by atoms with Crippen molar-refractivity contribution in [3.8, 4) is 0 Å². The van der Waals surface area contributed by atoms with E-state index < -0.39 is 6.04 Å². The summed E-state index contributed by atoms with van der Waals surface area (Å²) >= 11 is 0. The molecule has 1 saturated heterocycles. The Bertz CT molecular complexity index is 1160. The van der Waals surface area contributed by atoms with E-state index in [4.69, 9.17) is 0 Å². The summed E-state index contributed by atoms with van der Waals surface area (Å²) in [5.74, 6) is 0.644. The third-order valence-corrected chi connectivity index (χ3v) is 6.90. The predicted molar refractivity (Wildman–Crippen MR) is 144 cm³/mol. The Morgan fingerprint density at radius 3 is 2.42 bits per heavy atom. The van der Waals surface area contributed by atoms with Crippen molar-refractivity contribution < 1.29 is 9.59 Å². The average Bonchev–Trinajstić information content (AvgIpc) is 2.88. The molecule has 1 aliphatic rings. The first-order valence-electron chi connectivity index (χ1n) is 12.4. The molecule has 0 aliphatic carbocycles. The average molecular weight is 486 g/mol. The van der Waals surface area contributed by atoms with Crippen LogP contribution >= 0.6 is 0 Å². The van der Waals surface area contributed by atoms with Crippen LogP contribution in [0.25, 0.3) is 0 Å². The molecular weight excluding hydrogens is 450 g/mol. The van der Waals surface area contributed by atoms with Gasteiger partial charge in [-0.15, -0.1) is 0 Å². The van der Waals surface area contributed by atoms with Crippen LogP contribution in [0, 0.1) is 6.92 Å². The third-order valence-electron chi connectivity index (χ3n) is 6.90. The fourth-order valence-corrected chi connectivity index (χ4v) is 4.38. The van der Waals surface area contributed by atoms with Crippen LogP contribution in [-0.4, -0.2) is 54.4 Å². The lowest BCUT2D eigenvalue weighted by Crippen LogP contribution is -2.53. The van der Waals surface area contributed by atoms with Gasteiger partial charge in [0, 0.05) is 26.2 Å². The van der Waals surface area contributed by atoms with E-state index >= 15 is 0 Å². The Morgan fingerprint density at radius 1 is 1.06 bits per heavy atom. The zero-order valence-electron chi connectivity index (χ0n) is 21.4. The molecule has 2 aromatic carbocycles. The fourth-order valence-electron chi connectivity index (χ4n) is 4.38. The molecule has 2 heterocycles. The summed E-state index contributed by atoms with van der Waals surface area (Å²) in [6.45, 7) is 7.98. The van der Waals surface area contributed by atoms with Crippen molar-refractivity contribution in [3.63, 3.8) is 0 Å². The Hall–Kier alpha value is -3.71. The highest BCUT2D eigenvalue weighted by atomic mass is 16.2. The van der Waals surface area contributed by atoms with Gasteiger partial charge in [0.15, 0.2) is 0 Å². The summed E-state index contributed by atoms with van der Waals surface area (Å²) in [6.07, 6.45) is 1.71. The van der Waals surface area contributed by atoms with E-state index in [1.807, 2.05) is 55.3 Å². The maximum atomic E-state index is 13.3. The number of carbonyl (C=O) groups is 2. The van der Waals surface area contributed by atoms with E-state index in [0.717, 1.165) is 17.8 Å². The minimum absolute atomic E-state index is 0.0859. The normalized spacial score (nSPS) is 17.6. The number of likely N-dealkylation sites (N-methyl/N-ethyl adjacent to an activating group) is 1. The number of hydrogen-bond donors (Lipinski definition) is 2. The molecule has 1 aromatic heterocycles. The van der Waals surface area contributed by atoms with E-state index in [1.54, 1.807) is 17.2 Å². The first-order chi connectivity index (χ1) is 17.3. The number of benzene rings is 2. The smallest absolute Gasteiger partial charge is 0.247 e. The van der Waals surface area contributed by atoms with Gasteiger partial charge < -0.3 is 20.4 Å². The molecule has 0 bridgehead atoms. The van der Waals surface area contributed by atoms with Crippen LogP contribution in [0.4, 0.5) is 11.5 Å². The second-order valence-electron chi connectivity index (χ2n) is 9.69. The molecule has 36 heavy (non-hydrogen) atoms. The highest BCUT2D eigenvalue weighted by Gasteiger charge is 2.27. The molecule has 2 amide bonds. The van der Waals surface area contributed by atoms with Crippen LogP contribution in [0.2, 0.25) is 0 Å². The SMILES string of the molecule is Cc1ccc([C@H](C)CN[C@H](C(=O)Nc2ccc(N3CC(=O)N(C)C(C)C3)cn2)c2ccccc2)cc1. The van der Waals surface area contributed by atoms with Crippen LogP contribution in [0.3, 0.4) is 0 Å². The molecule has 4 rings (SSSR count). The monoisotopic (exact) mass is 485 g/mol. The van der Waals surface area contributed by atoms with Crippen molar-refractivity contribution in [2.24, 2.45) is 0 Å². The molecule has 1 unspecified atom stereocenters. The summed E-state index contributed by atoms with van der Waals surface area (Å²) in [6, 6.07) is 21.5. The van der Waals surface area contributed by atoms with Gasteiger partial charge >= 0.3 is 0 Å². The molecule has 0 spiro atoms. The van der Waals surface area contributed by atoms with Gasteiger partial charge in [0.25, 0.3) is 0 Å². The van der Waals surface area contributed by atoms with E-state index in [-0.39, 0.29) is 23.8 Å². The lowest BCUT2D eigenvalue weighted by Gasteiger charge is -2.38. The first-order valence-corrected chi connectivity index (χ1v) is 12.4. The molecule has 7 heteroatoms. The molecule has 2 N–H and O–H groups in total. The Kier molecular flexibility index (Phi) is 8.00. The molecule has 7 nitrogen and oxygen atoms in total. The van der Waals surface area contributed by atoms with Crippen molar-refractivity contribution in [2.45, 2.75) is 38.8 Å². The second-order valence-corrected chi connectivity index (χ2v) is 9.69. The van der Waals surface area contributed by atoms with Crippen molar-refractivity contribution >= 4 is 23.3 Å². The number of amides is 2. The van der Waals surface area contributed by atoms with E-state index in [9.17, 15) is 9.59 Å². The van der Waals surface area contributed by atoms with E-state index in [1.165, 1.54) is 11.1 Å². The van der Waals surface area contributed by atoms with Crippen LogP contribution < -0.4 is 15.5 Å². The summed E-state index contributed by atoms with van der Waals surface area (Å²) in [5, 5.41) is 6.42. The van der Waals surface area contributed by atoms with Crippen LogP contribution in [0.1, 0.15) is 42.5 Å². The van der Waals surface area contributed by atoms with Gasteiger partial charge in [0.2, 0.25) is 11.8 Å². The minimum Gasteiger partial charge on any atom is -0.359 e. The number of anilines is 2. The number of hydrogen-bond acceptors (Lipinski definition) is 5. The summed E-state index contributed by atoms with van der Waals surface area (Å²) < 4.78 is 0. The zero-order valence-corrected chi connectivity index (χ0v) is 21.4. The van der Waals surface area contributed by atoms with Crippen molar-refractivity contribution in [2.75, 3.05) is 36.9 Å². The van der Waals surface area contributed by atoms with E-state index in [0.29, 0.717) is 18.9 Å². The van der Waals surface area contributed by atoms with Gasteiger partial charge in [-0.3, -0.25) is 9.59 Å². The van der Waals surface area contributed by atoms with Gasteiger partial charge in [-0.2, -0.15) is 0 Å². The van der Waals surface area contributed by atoms with Gasteiger partial charge in [0.05, 0.1) is 18.4 Å². The summed E-state index contributed by atoms with van der Waals surface area (Å²) in [7, 11) is 1.83.